The van der Waals surface area contributed by atoms with Crippen LogP contribution in [0.5, 0.6) is 5.75 Å². The summed E-state index contributed by atoms with van der Waals surface area (Å²) in [5.41, 5.74) is 0.638. The second kappa shape index (κ2) is 11.1. The van der Waals surface area contributed by atoms with Crippen LogP contribution in [-0.4, -0.2) is 98.6 Å². The summed E-state index contributed by atoms with van der Waals surface area (Å²) < 4.78 is 27.3. The second-order valence-electron chi connectivity index (χ2n) is 9.41. The van der Waals surface area contributed by atoms with Gasteiger partial charge in [0.15, 0.2) is 18.0 Å². The van der Waals surface area contributed by atoms with Crippen molar-refractivity contribution in [1.82, 2.24) is 4.90 Å². The first kappa shape index (κ1) is 26.9. The van der Waals surface area contributed by atoms with Crippen LogP contribution in [0.2, 0.25) is 0 Å². The minimum absolute atomic E-state index is 0.0957. The summed E-state index contributed by atoms with van der Waals surface area (Å²) in [5.74, 6) is 10.8. The average Bonchev–Trinajstić information content (AvgIpc) is 3.24. The zero-order valence-corrected chi connectivity index (χ0v) is 21.6. The smallest absolute Gasteiger partial charge is 0.258 e. The van der Waals surface area contributed by atoms with E-state index in [9.17, 15) is 14.7 Å². The van der Waals surface area contributed by atoms with Crippen LogP contribution < -0.4 is 9.64 Å². The zero-order valence-electron chi connectivity index (χ0n) is 21.6. The minimum Gasteiger partial charge on any atom is -0.497 e. The fraction of sp³-hybridized carbons (Fsp3) is 0.556. The number of hydrogen-bond donors (Lipinski definition) is 1. The van der Waals surface area contributed by atoms with Gasteiger partial charge in [0.1, 0.15) is 11.9 Å². The lowest BCUT2D eigenvalue weighted by Crippen LogP contribution is -2.70. The van der Waals surface area contributed by atoms with Crippen LogP contribution in [0.4, 0.5) is 5.69 Å². The minimum atomic E-state index is -0.939. The Morgan fingerprint density at radius 1 is 1.05 bits per heavy atom. The summed E-state index contributed by atoms with van der Waals surface area (Å²) in [6.07, 6.45) is -2.48. The molecular formula is C27H32N2O8. The number of aliphatic hydroxyl groups is 1. The van der Waals surface area contributed by atoms with Gasteiger partial charge in [0.25, 0.3) is 11.8 Å². The van der Waals surface area contributed by atoms with Crippen molar-refractivity contribution in [2.75, 3.05) is 39.4 Å². The maximum absolute atomic E-state index is 12.5. The first-order valence-corrected chi connectivity index (χ1v) is 12.0. The van der Waals surface area contributed by atoms with Gasteiger partial charge in [0.2, 0.25) is 0 Å². The molecule has 0 unspecified atom stereocenters. The van der Waals surface area contributed by atoms with Gasteiger partial charge >= 0.3 is 0 Å². The molecule has 1 N–H and O–H groups in total. The molecule has 0 aromatic heterocycles. The number of carbonyl (C=O) groups excluding carboxylic acids is 2. The molecule has 0 spiro atoms. The monoisotopic (exact) mass is 512 g/mol. The lowest BCUT2D eigenvalue weighted by molar-refractivity contribution is -0.191. The van der Waals surface area contributed by atoms with E-state index in [2.05, 4.69) is 23.7 Å². The number of nitrogens with zero attached hydrogens (tertiary/aromatic N) is 2. The Balaban J connectivity index is 1.34. The SMILES string of the molecule is COc1ccc(N2C(=O)[C@H](OC)[C@@H]2[C@H](O)CC#CC#CCN2C(=O)[C@H](OC)[C@@H]2[C@H]2COC(C)(C)O2)cc1. The molecule has 0 saturated carbocycles. The number of likely N-dealkylation sites (tertiary alicyclic amines) is 1. The van der Waals surface area contributed by atoms with Crippen LogP contribution in [0, 0.1) is 23.7 Å². The summed E-state index contributed by atoms with van der Waals surface area (Å²) in [4.78, 5) is 28.1. The number of hydrogen-bond acceptors (Lipinski definition) is 8. The standard InChI is InChI=1S/C27H32N2O8/c1-27(2)36-16-20(37-27)22-24(35-5)25(31)28(22)15-9-7-6-8-10-19(30)21-23(34-4)26(32)29(21)17-11-13-18(33-3)14-12-17/h11-14,19-24,30H,10,15-16H2,1-5H3/t19-,20-,21+,22+,23-,24-/m1/s1. The van der Waals surface area contributed by atoms with E-state index < -0.39 is 30.1 Å². The lowest BCUT2D eigenvalue weighted by atomic mass is 9.90. The molecule has 1 aromatic rings. The molecule has 10 nitrogen and oxygen atoms in total. The summed E-state index contributed by atoms with van der Waals surface area (Å²) in [6, 6.07) is 6.14. The Bertz CT molecular complexity index is 1130. The maximum atomic E-state index is 12.5. The van der Waals surface area contributed by atoms with Crippen LogP contribution >= 0.6 is 0 Å². The van der Waals surface area contributed by atoms with Gasteiger partial charge in [-0.05, 0) is 50.0 Å². The molecule has 6 atom stereocenters. The fourth-order valence-electron chi connectivity index (χ4n) is 4.87. The molecule has 3 fully saturated rings. The molecule has 3 saturated heterocycles. The number of benzene rings is 1. The first-order chi connectivity index (χ1) is 17.7. The number of aliphatic hydroxyl groups excluding tert-OH is 1. The van der Waals surface area contributed by atoms with E-state index in [1.165, 1.54) is 19.1 Å². The van der Waals surface area contributed by atoms with Gasteiger partial charge in [0, 0.05) is 26.3 Å². The largest absolute Gasteiger partial charge is 0.497 e. The van der Waals surface area contributed by atoms with Crippen molar-refractivity contribution in [2.24, 2.45) is 0 Å². The normalized spacial score (nSPS) is 28.9. The van der Waals surface area contributed by atoms with Gasteiger partial charge in [-0.1, -0.05) is 11.8 Å². The number of amides is 2. The van der Waals surface area contributed by atoms with Crippen LogP contribution in [0.1, 0.15) is 20.3 Å². The predicted molar refractivity (Wildman–Crippen MR) is 132 cm³/mol. The summed E-state index contributed by atoms with van der Waals surface area (Å²) in [5, 5.41) is 10.8. The maximum Gasteiger partial charge on any atom is 0.258 e. The fourth-order valence-corrected chi connectivity index (χ4v) is 4.87. The van der Waals surface area contributed by atoms with Crippen molar-refractivity contribution < 1.29 is 38.4 Å². The summed E-state index contributed by atoms with van der Waals surface area (Å²) >= 11 is 0. The van der Waals surface area contributed by atoms with Gasteiger partial charge in [-0.25, -0.2) is 0 Å². The summed E-state index contributed by atoms with van der Waals surface area (Å²) in [6.45, 7) is 4.20. The van der Waals surface area contributed by atoms with Gasteiger partial charge in [0.05, 0.1) is 38.4 Å². The topological polar surface area (TPSA) is 107 Å². The quantitative estimate of drug-likeness (QED) is 0.398. The van der Waals surface area contributed by atoms with E-state index >= 15 is 0 Å². The Labute approximate surface area is 216 Å². The third-order valence-corrected chi connectivity index (χ3v) is 6.75. The predicted octanol–water partition coefficient (Wildman–Crippen LogP) is 0.561. The third-order valence-electron chi connectivity index (χ3n) is 6.75. The Kier molecular flexibility index (Phi) is 8.08. The molecule has 3 aliphatic heterocycles. The van der Waals surface area contributed by atoms with Crippen molar-refractivity contribution in [3.05, 3.63) is 24.3 Å². The van der Waals surface area contributed by atoms with Gasteiger partial charge in [-0.15, -0.1) is 0 Å². The highest BCUT2D eigenvalue weighted by molar-refractivity contribution is 6.05. The average molecular weight is 513 g/mol. The molecule has 0 aliphatic carbocycles. The number of rotatable bonds is 8. The van der Waals surface area contributed by atoms with Gasteiger partial charge in [-0.3, -0.25) is 9.59 Å². The second-order valence-corrected chi connectivity index (χ2v) is 9.41. The number of carbonyl (C=O) groups is 2. The Morgan fingerprint density at radius 2 is 1.73 bits per heavy atom. The van der Waals surface area contributed by atoms with Gasteiger partial charge in [-0.2, -0.15) is 0 Å². The van der Waals surface area contributed by atoms with Crippen molar-refractivity contribution in [3.63, 3.8) is 0 Å². The number of anilines is 1. The molecule has 1 aromatic carbocycles. The van der Waals surface area contributed by atoms with Crippen LogP contribution in [0.15, 0.2) is 24.3 Å². The van der Waals surface area contributed by atoms with Crippen LogP contribution in [0.25, 0.3) is 0 Å². The van der Waals surface area contributed by atoms with Crippen LogP contribution in [-0.2, 0) is 28.5 Å². The van der Waals surface area contributed by atoms with Crippen molar-refractivity contribution in [1.29, 1.82) is 0 Å². The number of β-lactam (4-membered cyclic amide) rings is 2. The van der Waals surface area contributed by atoms with Crippen molar-refractivity contribution >= 4 is 17.5 Å². The lowest BCUT2D eigenvalue weighted by Gasteiger charge is -2.47. The Morgan fingerprint density at radius 3 is 2.32 bits per heavy atom. The summed E-state index contributed by atoms with van der Waals surface area (Å²) in [7, 11) is 4.50. The van der Waals surface area contributed by atoms with E-state index in [0.29, 0.717) is 18.0 Å². The van der Waals surface area contributed by atoms with E-state index in [1.807, 2.05) is 13.8 Å². The van der Waals surface area contributed by atoms with Gasteiger partial charge < -0.3 is 38.6 Å². The molecule has 0 bridgehead atoms. The van der Waals surface area contributed by atoms with E-state index in [-0.39, 0.29) is 36.9 Å². The molecule has 0 radical (unpaired) electrons. The zero-order chi connectivity index (χ0) is 26.7. The Hall–Kier alpha value is -3.12. The highest BCUT2D eigenvalue weighted by Crippen LogP contribution is 2.34. The molecule has 3 aliphatic rings. The molecule has 4 rings (SSSR count). The first-order valence-electron chi connectivity index (χ1n) is 12.0. The molecule has 2 amide bonds. The molecule has 10 heteroatoms. The number of ether oxygens (including phenoxy) is 5. The third kappa shape index (κ3) is 5.30. The molecular weight excluding hydrogens is 480 g/mol. The van der Waals surface area contributed by atoms with E-state index in [4.69, 9.17) is 23.7 Å². The van der Waals surface area contributed by atoms with Crippen molar-refractivity contribution in [2.45, 2.75) is 62.6 Å². The van der Waals surface area contributed by atoms with E-state index in [1.54, 1.807) is 36.3 Å². The number of methoxy groups -OCH3 is 3. The van der Waals surface area contributed by atoms with Crippen LogP contribution in [0.3, 0.4) is 0 Å². The molecule has 198 valence electrons. The molecule has 37 heavy (non-hydrogen) atoms. The molecule has 3 heterocycles. The van der Waals surface area contributed by atoms with E-state index in [0.717, 1.165) is 0 Å². The highest BCUT2D eigenvalue weighted by atomic mass is 16.7. The van der Waals surface area contributed by atoms with Crippen molar-refractivity contribution in [3.8, 4) is 29.4 Å². The highest BCUT2D eigenvalue weighted by Gasteiger charge is 2.55.